The van der Waals surface area contributed by atoms with Gasteiger partial charge in [-0.2, -0.15) is 0 Å². The number of hydrogen-bond donors (Lipinski definition) is 1. The topological polar surface area (TPSA) is 91.8 Å². The van der Waals surface area contributed by atoms with Crippen molar-refractivity contribution in [3.8, 4) is 22.6 Å². The minimum absolute atomic E-state index is 0.170. The third-order valence-corrected chi connectivity index (χ3v) is 3.74. The molecule has 6 nitrogen and oxygen atoms in total. The monoisotopic (exact) mass is 339 g/mol. The van der Waals surface area contributed by atoms with Crippen molar-refractivity contribution in [3.05, 3.63) is 59.0 Å². The van der Waals surface area contributed by atoms with E-state index in [2.05, 4.69) is 0 Å². The maximum absolute atomic E-state index is 12.7. The van der Waals surface area contributed by atoms with Crippen molar-refractivity contribution < 1.29 is 18.7 Å². The maximum atomic E-state index is 12.7. The number of benzene rings is 2. The average Bonchev–Trinajstić information content (AvgIpc) is 2.62. The molecule has 0 unspecified atom stereocenters. The molecule has 128 valence electrons. The number of nitrogens with two attached hydrogens (primary N) is 1. The molecule has 0 aliphatic rings. The molecule has 2 N–H and O–H groups in total. The lowest BCUT2D eigenvalue weighted by Crippen LogP contribution is -2.30. The molecule has 0 aliphatic carbocycles. The summed E-state index contributed by atoms with van der Waals surface area (Å²) in [5, 5.41) is 0.397. The van der Waals surface area contributed by atoms with Crippen molar-refractivity contribution in [3.63, 3.8) is 0 Å². The van der Waals surface area contributed by atoms with E-state index in [0.29, 0.717) is 22.3 Å². The molecule has 6 heteroatoms. The lowest BCUT2D eigenvalue weighted by Gasteiger charge is -2.08. The maximum Gasteiger partial charge on any atom is 0.328 e. The van der Waals surface area contributed by atoms with Crippen molar-refractivity contribution in [1.82, 2.24) is 0 Å². The van der Waals surface area contributed by atoms with Crippen molar-refractivity contribution in [2.45, 2.75) is 13.0 Å². The lowest BCUT2D eigenvalue weighted by molar-refractivity contribution is -0.135. The van der Waals surface area contributed by atoms with E-state index >= 15 is 0 Å². The number of methoxy groups -OCH3 is 1. The van der Waals surface area contributed by atoms with Crippen molar-refractivity contribution >= 4 is 16.9 Å². The largest absolute Gasteiger partial charge is 0.497 e. The first-order valence-corrected chi connectivity index (χ1v) is 7.67. The summed E-state index contributed by atoms with van der Waals surface area (Å²) in [6.45, 7) is 1.53. The van der Waals surface area contributed by atoms with Crippen LogP contribution in [-0.2, 0) is 4.79 Å². The first-order chi connectivity index (χ1) is 12.0. The van der Waals surface area contributed by atoms with Crippen LogP contribution < -0.4 is 20.6 Å². The molecule has 0 saturated carbocycles. The van der Waals surface area contributed by atoms with Gasteiger partial charge in [0.25, 0.3) is 0 Å². The number of hydrogen-bond acceptors (Lipinski definition) is 6. The van der Waals surface area contributed by atoms with Gasteiger partial charge < -0.3 is 19.6 Å². The second-order valence-electron chi connectivity index (χ2n) is 5.57. The molecule has 2 aromatic carbocycles. The highest BCUT2D eigenvalue weighted by Crippen LogP contribution is 2.24. The van der Waals surface area contributed by atoms with Gasteiger partial charge in [0.05, 0.1) is 18.1 Å². The summed E-state index contributed by atoms with van der Waals surface area (Å²) < 4.78 is 15.8. The van der Waals surface area contributed by atoms with E-state index < -0.39 is 12.0 Å². The van der Waals surface area contributed by atoms with Crippen molar-refractivity contribution in [2.75, 3.05) is 7.11 Å². The van der Waals surface area contributed by atoms with Crippen LogP contribution >= 0.6 is 0 Å². The van der Waals surface area contributed by atoms with Gasteiger partial charge in [-0.15, -0.1) is 0 Å². The third kappa shape index (κ3) is 3.39. The van der Waals surface area contributed by atoms with Gasteiger partial charge in [-0.3, -0.25) is 4.79 Å². The van der Waals surface area contributed by atoms with E-state index in [-0.39, 0.29) is 11.2 Å². The highest BCUT2D eigenvalue weighted by atomic mass is 16.5. The zero-order valence-corrected chi connectivity index (χ0v) is 13.8. The summed E-state index contributed by atoms with van der Waals surface area (Å²) in [6.07, 6.45) is 1.39. The molecule has 1 aromatic heterocycles. The molecule has 1 heterocycles. The van der Waals surface area contributed by atoms with Crippen LogP contribution in [-0.4, -0.2) is 19.1 Å². The number of carbonyl (C=O) groups excluding carboxylic acids is 1. The predicted molar refractivity (Wildman–Crippen MR) is 93.8 cm³/mol. The van der Waals surface area contributed by atoms with Crippen molar-refractivity contribution in [1.29, 1.82) is 0 Å². The molecule has 0 fully saturated rings. The van der Waals surface area contributed by atoms with Gasteiger partial charge in [-0.1, -0.05) is 12.1 Å². The number of esters is 1. The molecule has 0 spiro atoms. The Balaban J connectivity index is 2.00. The Morgan fingerprint density at radius 3 is 2.44 bits per heavy atom. The quantitative estimate of drug-likeness (QED) is 0.580. The van der Waals surface area contributed by atoms with Crippen LogP contribution in [0.15, 0.2) is 57.9 Å². The normalized spacial score (nSPS) is 12.0. The molecular weight excluding hydrogens is 322 g/mol. The van der Waals surface area contributed by atoms with Crippen LogP contribution in [0.5, 0.6) is 11.5 Å². The Labute approximate surface area is 143 Å². The highest BCUT2D eigenvalue weighted by Gasteiger charge is 2.13. The summed E-state index contributed by atoms with van der Waals surface area (Å²) in [5.74, 6) is 0.418. The Bertz CT molecular complexity index is 973. The molecule has 1 atom stereocenters. The summed E-state index contributed by atoms with van der Waals surface area (Å²) >= 11 is 0. The molecule has 0 aliphatic heterocycles. The smallest absolute Gasteiger partial charge is 0.328 e. The van der Waals surface area contributed by atoms with E-state index in [4.69, 9.17) is 19.6 Å². The fourth-order valence-electron chi connectivity index (χ4n) is 2.35. The molecule has 25 heavy (non-hydrogen) atoms. The molecule has 3 aromatic rings. The van der Waals surface area contributed by atoms with Crippen molar-refractivity contribution in [2.24, 2.45) is 5.73 Å². The van der Waals surface area contributed by atoms with E-state index in [1.807, 2.05) is 0 Å². The minimum Gasteiger partial charge on any atom is -0.497 e. The second-order valence-corrected chi connectivity index (χ2v) is 5.57. The molecule has 0 amide bonds. The second kappa shape index (κ2) is 6.78. The van der Waals surface area contributed by atoms with Crippen LogP contribution in [0.25, 0.3) is 22.1 Å². The van der Waals surface area contributed by atoms with Gasteiger partial charge in [0, 0.05) is 6.07 Å². The molecular formula is C19H17NO5. The van der Waals surface area contributed by atoms with Crippen LogP contribution in [0.3, 0.4) is 0 Å². The SMILES string of the molecule is COc1ccc(-c2coc3cc(OC(=O)[C@@H](C)N)ccc3c2=O)cc1. The van der Waals surface area contributed by atoms with Gasteiger partial charge in [-0.25, -0.2) is 4.79 Å². The minimum atomic E-state index is -0.736. The van der Waals surface area contributed by atoms with Gasteiger partial charge in [0.2, 0.25) is 0 Å². The Morgan fingerprint density at radius 1 is 1.12 bits per heavy atom. The molecule has 0 saturated heterocycles. The predicted octanol–water partition coefficient (Wildman–Crippen LogP) is 2.72. The van der Waals surface area contributed by atoms with E-state index in [0.717, 1.165) is 5.56 Å². The average molecular weight is 339 g/mol. The lowest BCUT2D eigenvalue weighted by atomic mass is 10.1. The Morgan fingerprint density at radius 2 is 1.80 bits per heavy atom. The zero-order chi connectivity index (χ0) is 18.0. The van der Waals surface area contributed by atoms with Gasteiger partial charge in [0.1, 0.15) is 29.4 Å². The summed E-state index contributed by atoms with van der Waals surface area (Å²) in [6, 6.07) is 11.0. The number of fused-ring (bicyclic) bond motifs is 1. The standard InChI is InChI=1S/C19H17NO5/c1-11(20)19(22)25-14-7-8-15-17(9-14)24-10-16(18(15)21)12-3-5-13(23-2)6-4-12/h3-11H,20H2,1-2H3/t11-/m1/s1. The number of carbonyl (C=O) groups is 1. The molecule has 3 rings (SSSR count). The molecule has 0 radical (unpaired) electrons. The van der Waals surface area contributed by atoms with E-state index in [1.165, 1.54) is 25.3 Å². The summed E-state index contributed by atoms with van der Waals surface area (Å²) in [7, 11) is 1.58. The summed E-state index contributed by atoms with van der Waals surface area (Å²) in [5.41, 5.74) is 6.80. The number of rotatable bonds is 4. The first-order valence-electron chi connectivity index (χ1n) is 7.67. The van der Waals surface area contributed by atoms with Crippen LogP contribution in [0.4, 0.5) is 0 Å². The Hall–Kier alpha value is -3.12. The molecule has 0 bridgehead atoms. The van der Waals surface area contributed by atoms with Gasteiger partial charge in [0.15, 0.2) is 5.43 Å². The van der Waals surface area contributed by atoms with Gasteiger partial charge in [-0.05, 0) is 36.8 Å². The van der Waals surface area contributed by atoms with Crippen LogP contribution in [0.1, 0.15) is 6.92 Å². The fourth-order valence-corrected chi connectivity index (χ4v) is 2.35. The van der Waals surface area contributed by atoms with Crippen LogP contribution in [0, 0.1) is 0 Å². The van der Waals surface area contributed by atoms with Crippen LogP contribution in [0.2, 0.25) is 0 Å². The summed E-state index contributed by atoms with van der Waals surface area (Å²) in [4.78, 5) is 24.3. The van der Waals surface area contributed by atoms with E-state index in [1.54, 1.807) is 37.4 Å². The first kappa shape index (κ1) is 16.7. The fraction of sp³-hybridized carbons (Fsp3) is 0.158. The van der Waals surface area contributed by atoms with E-state index in [9.17, 15) is 9.59 Å². The Kier molecular flexibility index (Phi) is 4.54. The third-order valence-electron chi connectivity index (χ3n) is 3.74. The highest BCUT2D eigenvalue weighted by molar-refractivity contribution is 5.84. The van der Waals surface area contributed by atoms with Gasteiger partial charge >= 0.3 is 5.97 Å². The number of ether oxygens (including phenoxy) is 2. The zero-order valence-electron chi connectivity index (χ0n) is 13.8.